The van der Waals surface area contributed by atoms with E-state index in [1.54, 1.807) is 0 Å². The van der Waals surface area contributed by atoms with Gasteiger partial charge in [0.15, 0.2) is 0 Å². The topological polar surface area (TPSA) is 25.2 Å². The van der Waals surface area contributed by atoms with E-state index in [-0.39, 0.29) is 11.9 Å². The lowest BCUT2D eigenvalue weighted by Gasteiger charge is -2.22. The van der Waals surface area contributed by atoms with Crippen molar-refractivity contribution in [3.63, 3.8) is 0 Å². The van der Waals surface area contributed by atoms with Crippen LogP contribution in [0, 0.1) is 0 Å². The molecular formula is C18H23BrN2O. The first-order chi connectivity index (χ1) is 10.5. The smallest absolute Gasteiger partial charge is 0.270 e. The average molecular weight is 363 g/mol. The van der Waals surface area contributed by atoms with Gasteiger partial charge in [-0.15, -0.1) is 0 Å². The molecule has 0 aliphatic heterocycles. The second-order valence-corrected chi connectivity index (χ2v) is 6.58. The van der Waals surface area contributed by atoms with E-state index in [2.05, 4.69) is 41.9 Å². The molecular weight excluding hydrogens is 340 g/mol. The Bertz CT molecular complexity index is 619. The summed E-state index contributed by atoms with van der Waals surface area (Å²) in [6.07, 6.45) is 2.85. The van der Waals surface area contributed by atoms with Crippen LogP contribution in [0.25, 0.3) is 0 Å². The Morgan fingerprint density at radius 2 is 1.95 bits per heavy atom. The molecule has 1 heterocycles. The van der Waals surface area contributed by atoms with E-state index in [0.29, 0.717) is 6.54 Å². The van der Waals surface area contributed by atoms with Crippen molar-refractivity contribution >= 4 is 21.8 Å². The number of halogens is 1. The minimum atomic E-state index is 0.0952. The lowest BCUT2D eigenvalue weighted by molar-refractivity contribution is 0.0753. The molecule has 0 N–H and O–H groups in total. The predicted octanol–water partition coefficient (Wildman–Crippen LogP) is 4.54. The number of amides is 1. The molecule has 0 unspecified atom stereocenters. The number of carbonyl (C=O) groups excluding carboxylic acids is 1. The highest BCUT2D eigenvalue weighted by Crippen LogP contribution is 2.21. The number of hydrogen-bond donors (Lipinski definition) is 0. The fourth-order valence-electron chi connectivity index (χ4n) is 2.52. The van der Waals surface area contributed by atoms with Crippen molar-refractivity contribution in [1.82, 2.24) is 9.47 Å². The van der Waals surface area contributed by atoms with Crippen LogP contribution in [0.3, 0.4) is 0 Å². The molecule has 4 heteroatoms. The molecule has 0 radical (unpaired) electrons. The van der Waals surface area contributed by atoms with Crippen LogP contribution in [-0.2, 0) is 6.42 Å². The number of nitrogens with zero attached hydrogens (tertiary/aromatic N) is 2. The molecule has 0 fully saturated rings. The van der Waals surface area contributed by atoms with Crippen LogP contribution in [-0.4, -0.2) is 28.5 Å². The molecule has 0 bridgehead atoms. The largest absolute Gasteiger partial charge is 0.340 e. The van der Waals surface area contributed by atoms with E-state index >= 15 is 0 Å². The van der Waals surface area contributed by atoms with Crippen LogP contribution in [0.1, 0.15) is 42.9 Å². The summed E-state index contributed by atoms with van der Waals surface area (Å²) in [4.78, 5) is 14.7. The van der Waals surface area contributed by atoms with E-state index in [4.69, 9.17) is 0 Å². The van der Waals surface area contributed by atoms with Gasteiger partial charge in [0.05, 0.1) is 0 Å². The van der Waals surface area contributed by atoms with E-state index < -0.39 is 0 Å². The van der Waals surface area contributed by atoms with Crippen LogP contribution in [0.2, 0.25) is 0 Å². The minimum absolute atomic E-state index is 0.0952. The fourth-order valence-corrected chi connectivity index (χ4v) is 2.96. The zero-order valence-corrected chi connectivity index (χ0v) is 15.0. The van der Waals surface area contributed by atoms with Gasteiger partial charge in [-0.3, -0.25) is 4.79 Å². The number of aromatic nitrogens is 1. The van der Waals surface area contributed by atoms with Gasteiger partial charge in [0.25, 0.3) is 5.91 Å². The quantitative estimate of drug-likeness (QED) is 0.740. The lowest BCUT2D eigenvalue weighted by Crippen LogP contribution is -2.34. The van der Waals surface area contributed by atoms with Crippen LogP contribution < -0.4 is 0 Å². The molecule has 1 aromatic heterocycles. The van der Waals surface area contributed by atoms with Crippen LogP contribution in [0.4, 0.5) is 0 Å². The summed E-state index contributed by atoms with van der Waals surface area (Å²) >= 11 is 3.47. The van der Waals surface area contributed by atoms with Crippen molar-refractivity contribution in [2.24, 2.45) is 0 Å². The zero-order valence-electron chi connectivity index (χ0n) is 13.4. The van der Waals surface area contributed by atoms with Crippen molar-refractivity contribution in [2.45, 2.75) is 33.2 Å². The highest BCUT2D eigenvalue weighted by molar-refractivity contribution is 9.10. The highest BCUT2D eigenvalue weighted by atomic mass is 79.9. The van der Waals surface area contributed by atoms with Gasteiger partial charge in [-0.25, -0.2) is 0 Å². The minimum Gasteiger partial charge on any atom is -0.340 e. The van der Waals surface area contributed by atoms with Gasteiger partial charge in [0, 0.05) is 29.8 Å². The van der Waals surface area contributed by atoms with Crippen molar-refractivity contribution in [1.29, 1.82) is 0 Å². The molecule has 2 aromatic rings. The van der Waals surface area contributed by atoms with Gasteiger partial charge in [0.2, 0.25) is 0 Å². The molecule has 0 aliphatic rings. The third-order valence-electron chi connectivity index (χ3n) is 3.77. The van der Waals surface area contributed by atoms with Gasteiger partial charge >= 0.3 is 0 Å². The Morgan fingerprint density at radius 1 is 1.27 bits per heavy atom. The molecule has 3 nitrogen and oxygen atoms in total. The molecule has 0 saturated carbocycles. The van der Waals surface area contributed by atoms with Crippen LogP contribution >= 0.6 is 15.9 Å². The summed E-state index contributed by atoms with van der Waals surface area (Å²) in [6.45, 7) is 7.65. The van der Waals surface area contributed by atoms with Gasteiger partial charge in [0.1, 0.15) is 5.69 Å². The maximum absolute atomic E-state index is 12.8. The molecule has 1 aromatic carbocycles. The van der Waals surface area contributed by atoms with Crippen LogP contribution in [0.15, 0.2) is 47.1 Å². The maximum Gasteiger partial charge on any atom is 0.270 e. The first-order valence-electron chi connectivity index (χ1n) is 7.73. The van der Waals surface area contributed by atoms with E-state index in [9.17, 15) is 4.79 Å². The molecule has 0 saturated heterocycles. The standard InChI is InChI=1S/C18H23BrN2O/c1-4-20(11-10-15-8-6-5-7-9-15)18(22)17-12-16(19)13-21(17)14(2)3/h5-9,12-14H,4,10-11H2,1-3H3. The highest BCUT2D eigenvalue weighted by Gasteiger charge is 2.20. The number of likely N-dealkylation sites (N-methyl/N-ethyl adjacent to an activating group) is 1. The molecule has 118 valence electrons. The van der Waals surface area contributed by atoms with E-state index in [1.165, 1.54) is 5.56 Å². The molecule has 0 aliphatic carbocycles. The molecule has 1 amide bonds. The lowest BCUT2D eigenvalue weighted by atomic mass is 10.1. The molecule has 2 rings (SSSR count). The summed E-state index contributed by atoms with van der Waals surface area (Å²) in [5.74, 6) is 0.0952. The summed E-state index contributed by atoms with van der Waals surface area (Å²) in [6, 6.07) is 12.5. The van der Waals surface area contributed by atoms with Gasteiger partial charge < -0.3 is 9.47 Å². The zero-order chi connectivity index (χ0) is 16.1. The normalized spacial score (nSPS) is 11.0. The van der Waals surface area contributed by atoms with Crippen molar-refractivity contribution in [3.05, 3.63) is 58.3 Å². The number of benzene rings is 1. The Hall–Kier alpha value is -1.55. The van der Waals surface area contributed by atoms with Crippen molar-refractivity contribution in [3.8, 4) is 0 Å². The summed E-state index contributed by atoms with van der Waals surface area (Å²) in [5.41, 5.74) is 2.01. The third kappa shape index (κ3) is 4.01. The Morgan fingerprint density at radius 3 is 2.55 bits per heavy atom. The number of carbonyl (C=O) groups is 1. The van der Waals surface area contributed by atoms with Crippen LogP contribution in [0.5, 0.6) is 0 Å². The molecule has 22 heavy (non-hydrogen) atoms. The number of rotatable bonds is 6. The van der Waals surface area contributed by atoms with Gasteiger partial charge in [-0.1, -0.05) is 30.3 Å². The average Bonchev–Trinajstić information content (AvgIpc) is 2.91. The van der Waals surface area contributed by atoms with Gasteiger partial charge in [-0.2, -0.15) is 0 Å². The number of hydrogen-bond acceptors (Lipinski definition) is 1. The fraction of sp³-hybridized carbons (Fsp3) is 0.389. The summed E-state index contributed by atoms with van der Waals surface area (Å²) < 4.78 is 2.97. The van der Waals surface area contributed by atoms with Gasteiger partial charge in [-0.05, 0) is 54.8 Å². The molecule has 0 spiro atoms. The third-order valence-corrected chi connectivity index (χ3v) is 4.21. The Kier molecular flexibility index (Phi) is 5.83. The summed E-state index contributed by atoms with van der Waals surface area (Å²) in [5, 5.41) is 0. The predicted molar refractivity (Wildman–Crippen MR) is 94.2 cm³/mol. The second-order valence-electron chi connectivity index (χ2n) is 5.67. The SMILES string of the molecule is CCN(CCc1ccccc1)C(=O)c1cc(Br)cn1C(C)C. The van der Waals surface area contributed by atoms with Crippen molar-refractivity contribution in [2.75, 3.05) is 13.1 Å². The monoisotopic (exact) mass is 362 g/mol. The van der Waals surface area contributed by atoms with Crippen molar-refractivity contribution < 1.29 is 4.79 Å². The summed E-state index contributed by atoms with van der Waals surface area (Å²) in [7, 11) is 0. The maximum atomic E-state index is 12.8. The second kappa shape index (κ2) is 7.63. The Balaban J connectivity index is 2.12. The molecule has 0 atom stereocenters. The first-order valence-corrected chi connectivity index (χ1v) is 8.52. The van der Waals surface area contributed by atoms with E-state index in [1.807, 2.05) is 46.9 Å². The Labute approximate surface area is 141 Å². The van der Waals surface area contributed by atoms with E-state index in [0.717, 1.165) is 23.1 Å². The first kappa shape index (κ1) is 16.8.